The summed E-state index contributed by atoms with van der Waals surface area (Å²) in [6.07, 6.45) is 1.85. The molecule has 0 aliphatic heterocycles. The van der Waals surface area contributed by atoms with Gasteiger partial charge in [-0.15, -0.1) is 22.7 Å². The maximum atomic E-state index is 4.33. The first kappa shape index (κ1) is 8.15. The zero-order valence-corrected chi connectivity index (χ0v) is 8.94. The molecule has 0 unspecified atom stereocenters. The maximum absolute atomic E-state index is 4.33. The predicted molar refractivity (Wildman–Crippen MR) is 62.9 cm³/mol. The molecule has 1 aromatic carbocycles. The summed E-state index contributed by atoms with van der Waals surface area (Å²) in [4.78, 5) is 4.33. The van der Waals surface area contributed by atoms with Crippen molar-refractivity contribution in [2.45, 2.75) is 0 Å². The molecule has 2 aromatic heterocycles. The molecule has 0 N–H and O–H groups in total. The lowest BCUT2D eigenvalue weighted by molar-refractivity contribution is 1.43. The van der Waals surface area contributed by atoms with Gasteiger partial charge in [0.1, 0.15) is 5.01 Å². The highest BCUT2D eigenvalue weighted by Crippen LogP contribution is 2.34. The van der Waals surface area contributed by atoms with Gasteiger partial charge in [-0.1, -0.05) is 18.2 Å². The Hall–Kier alpha value is -1.19. The highest BCUT2D eigenvalue weighted by atomic mass is 32.1. The summed E-state index contributed by atoms with van der Waals surface area (Å²) in [6, 6.07) is 8.45. The number of thiophene rings is 1. The Morgan fingerprint density at radius 1 is 1.07 bits per heavy atom. The molecular weight excluding hydrogens is 210 g/mol. The third kappa shape index (κ3) is 1.17. The van der Waals surface area contributed by atoms with Crippen molar-refractivity contribution in [1.82, 2.24) is 4.98 Å². The molecule has 2 heterocycles. The van der Waals surface area contributed by atoms with Crippen molar-refractivity contribution in [3.8, 4) is 10.6 Å². The van der Waals surface area contributed by atoms with Crippen LogP contribution in [-0.4, -0.2) is 4.98 Å². The van der Waals surface area contributed by atoms with E-state index in [1.807, 2.05) is 11.6 Å². The molecule has 68 valence electrons. The SMILES string of the molecule is c1ccc2c(-c3nccs3)csc2c1. The fourth-order valence-corrected chi connectivity index (χ4v) is 3.19. The molecule has 14 heavy (non-hydrogen) atoms. The molecule has 3 aromatic rings. The summed E-state index contributed by atoms with van der Waals surface area (Å²) in [5, 5.41) is 6.63. The average Bonchev–Trinajstić information content (AvgIpc) is 2.85. The minimum Gasteiger partial charge on any atom is -0.244 e. The van der Waals surface area contributed by atoms with E-state index in [1.54, 1.807) is 22.7 Å². The van der Waals surface area contributed by atoms with E-state index in [1.165, 1.54) is 15.6 Å². The summed E-state index contributed by atoms with van der Waals surface area (Å²) < 4.78 is 1.33. The van der Waals surface area contributed by atoms with Crippen LogP contribution in [0.2, 0.25) is 0 Å². The second kappa shape index (κ2) is 3.19. The number of rotatable bonds is 1. The molecule has 0 bridgehead atoms. The van der Waals surface area contributed by atoms with Crippen molar-refractivity contribution in [1.29, 1.82) is 0 Å². The van der Waals surface area contributed by atoms with E-state index in [0.717, 1.165) is 5.01 Å². The Morgan fingerprint density at radius 2 is 2.00 bits per heavy atom. The minimum atomic E-state index is 1.11. The first-order chi connectivity index (χ1) is 6.95. The number of fused-ring (bicyclic) bond motifs is 1. The van der Waals surface area contributed by atoms with Gasteiger partial charge in [-0.25, -0.2) is 4.98 Å². The summed E-state index contributed by atoms with van der Waals surface area (Å²) in [5.41, 5.74) is 1.26. The van der Waals surface area contributed by atoms with Gasteiger partial charge in [0, 0.05) is 32.6 Å². The first-order valence-corrected chi connectivity index (χ1v) is 6.07. The Labute approximate surface area is 89.7 Å². The van der Waals surface area contributed by atoms with Crippen molar-refractivity contribution in [3.05, 3.63) is 41.2 Å². The van der Waals surface area contributed by atoms with Crippen molar-refractivity contribution in [3.63, 3.8) is 0 Å². The van der Waals surface area contributed by atoms with Gasteiger partial charge in [0.05, 0.1) is 0 Å². The molecule has 0 atom stereocenters. The standard InChI is InChI=1S/C11H7NS2/c1-2-4-10-8(3-1)9(7-14-10)11-12-5-6-13-11/h1-7H. The fourth-order valence-electron chi connectivity index (χ4n) is 1.50. The van der Waals surface area contributed by atoms with Crippen LogP contribution >= 0.6 is 22.7 Å². The minimum absolute atomic E-state index is 1.11. The highest BCUT2D eigenvalue weighted by Gasteiger charge is 2.06. The number of hydrogen-bond acceptors (Lipinski definition) is 3. The Bertz CT molecular complexity index is 551. The second-order valence-electron chi connectivity index (χ2n) is 2.98. The number of thiazole rings is 1. The van der Waals surface area contributed by atoms with E-state index in [4.69, 9.17) is 0 Å². The van der Waals surface area contributed by atoms with E-state index in [9.17, 15) is 0 Å². The van der Waals surface area contributed by atoms with Crippen molar-refractivity contribution >= 4 is 32.8 Å². The van der Waals surface area contributed by atoms with Crippen LogP contribution in [0.1, 0.15) is 0 Å². The molecule has 0 fully saturated rings. The van der Waals surface area contributed by atoms with Crippen LogP contribution in [-0.2, 0) is 0 Å². The van der Waals surface area contributed by atoms with Gasteiger partial charge >= 0.3 is 0 Å². The Balaban J connectivity index is 2.33. The monoisotopic (exact) mass is 217 g/mol. The van der Waals surface area contributed by atoms with E-state index >= 15 is 0 Å². The van der Waals surface area contributed by atoms with E-state index < -0.39 is 0 Å². The Morgan fingerprint density at radius 3 is 2.86 bits per heavy atom. The maximum Gasteiger partial charge on any atom is 0.124 e. The summed E-state index contributed by atoms with van der Waals surface area (Å²) in [7, 11) is 0. The lowest BCUT2D eigenvalue weighted by Crippen LogP contribution is -1.70. The fraction of sp³-hybridized carbons (Fsp3) is 0. The summed E-state index contributed by atoms with van der Waals surface area (Å²) in [6.45, 7) is 0. The average molecular weight is 217 g/mol. The Kier molecular flexibility index (Phi) is 1.85. The quantitative estimate of drug-likeness (QED) is 0.600. The van der Waals surface area contributed by atoms with Gasteiger partial charge in [-0.05, 0) is 6.07 Å². The van der Waals surface area contributed by atoms with Crippen LogP contribution in [0.5, 0.6) is 0 Å². The van der Waals surface area contributed by atoms with Gasteiger partial charge in [0.25, 0.3) is 0 Å². The van der Waals surface area contributed by atoms with Crippen molar-refractivity contribution in [2.24, 2.45) is 0 Å². The topological polar surface area (TPSA) is 12.9 Å². The predicted octanol–water partition coefficient (Wildman–Crippen LogP) is 4.02. The van der Waals surface area contributed by atoms with Crippen LogP contribution in [0, 0.1) is 0 Å². The third-order valence-electron chi connectivity index (χ3n) is 2.14. The van der Waals surface area contributed by atoms with Crippen LogP contribution in [0.15, 0.2) is 41.2 Å². The molecule has 0 aliphatic rings. The van der Waals surface area contributed by atoms with E-state index in [0.29, 0.717) is 0 Å². The zero-order valence-electron chi connectivity index (χ0n) is 7.31. The first-order valence-electron chi connectivity index (χ1n) is 4.31. The zero-order chi connectivity index (χ0) is 9.38. The molecular formula is C11H7NS2. The number of benzene rings is 1. The van der Waals surface area contributed by atoms with Crippen LogP contribution in [0.25, 0.3) is 20.7 Å². The summed E-state index contributed by atoms with van der Waals surface area (Å²) >= 11 is 3.47. The smallest absolute Gasteiger partial charge is 0.124 e. The van der Waals surface area contributed by atoms with Gasteiger partial charge in [0.15, 0.2) is 0 Å². The number of hydrogen-bond donors (Lipinski definition) is 0. The molecule has 0 aliphatic carbocycles. The lowest BCUT2D eigenvalue weighted by atomic mass is 10.2. The van der Waals surface area contributed by atoms with Gasteiger partial charge in [-0.2, -0.15) is 0 Å². The van der Waals surface area contributed by atoms with Gasteiger partial charge in [0.2, 0.25) is 0 Å². The van der Waals surface area contributed by atoms with Crippen molar-refractivity contribution < 1.29 is 0 Å². The number of aromatic nitrogens is 1. The molecule has 0 saturated heterocycles. The van der Waals surface area contributed by atoms with Crippen molar-refractivity contribution in [2.75, 3.05) is 0 Å². The molecule has 0 spiro atoms. The van der Waals surface area contributed by atoms with Crippen LogP contribution < -0.4 is 0 Å². The second-order valence-corrected chi connectivity index (χ2v) is 4.79. The summed E-state index contributed by atoms with van der Waals surface area (Å²) in [5.74, 6) is 0. The number of nitrogens with zero attached hydrogens (tertiary/aromatic N) is 1. The van der Waals surface area contributed by atoms with Crippen LogP contribution in [0.3, 0.4) is 0 Å². The van der Waals surface area contributed by atoms with Crippen LogP contribution in [0.4, 0.5) is 0 Å². The van der Waals surface area contributed by atoms with E-state index in [2.05, 4.69) is 34.6 Å². The highest BCUT2D eigenvalue weighted by molar-refractivity contribution is 7.18. The van der Waals surface area contributed by atoms with Gasteiger partial charge in [-0.3, -0.25) is 0 Å². The molecule has 0 saturated carbocycles. The lowest BCUT2D eigenvalue weighted by Gasteiger charge is -1.92. The normalized spacial score (nSPS) is 10.9. The van der Waals surface area contributed by atoms with Gasteiger partial charge < -0.3 is 0 Å². The molecule has 1 nitrogen and oxygen atoms in total. The molecule has 3 rings (SSSR count). The largest absolute Gasteiger partial charge is 0.244 e. The van der Waals surface area contributed by atoms with E-state index in [-0.39, 0.29) is 0 Å². The molecule has 0 radical (unpaired) electrons. The third-order valence-corrected chi connectivity index (χ3v) is 3.91. The molecule has 0 amide bonds. The molecule has 3 heteroatoms.